The molecular weight excluding hydrogens is 216 g/mol. The van der Waals surface area contributed by atoms with Gasteiger partial charge in [0, 0.05) is 18.0 Å². The molecule has 1 saturated carbocycles. The highest BCUT2D eigenvalue weighted by Gasteiger charge is 2.22. The van der Waals surface area contributed by atoms with Crippen LogP contribution in [0.25, 0.3) is 0 Å². The fourth-order valence-electron chi connectivity index (χ4n) is 2.30. The average Bonchev–Trinajstić information content (AvgIpc) is 2.33. The number of nitrogens with two attached hydrogens (primary N) is 1. The Bertz CT molecular complexity index is 383. The first-order chi connectivity index (χ1) is 8.18. The first kappa shape index (κ1) is 12.1. The Hall–Kier alpha value is -1.36. The summed E-state index contributed by atoms with van der Waals surface area (Å²) >= 11 is 0. The Morgan fingerprint density at radius 3 is 2.94 bits per heavy atom. The number of aliphatic hydroxyl groups excluding tert-OH is 1. The highest BCUT2D eigenvalue weighted by molar-refractivity contribution is 5.53. The molecule has 1 aliphatic rings. The SMILES string of the molecule is Cc1c(N)ncnc1NCC1CCCCC1O. The zero-order chi connectivity index (χ0) is 12.3. The number of anilines is 2. The lowest BCUT2D eigenvalue weighted by Gasteiger charge is -2.28. The quantitative estimate of drug-likeness (QED) is 0.737. The van der Waals surface area contributed by atoms with E-state index in [0.29, 0.717) is 11.7 Å². The van der Waals surface area contributed by atoms with Crippen molar-refractivity contribution in [2.24, 2.45) is 5.92 Å². The van der Waals surface area contributed by atoms with Crippen molar-refractivity contribution in [3.63, 3.8) is 0 Å². The molecule has 0 saturated heterocycles. The molecule has 2 atom stereocenters. The summed E-state index contributed by atoms with van der Waals surface area (Å²) in [6, 6.07) is 0. The standard InChI is InChI=1S/C12H20N4O/c1-8-11(13)15-7-16-12(8)14-6-9-4-2-3-5-10(9)17/h7,9-10,17H,2-6H2,1H3,(H3,13,14,15,16). The molecule has 2 rings (SSSR count). The molecule has 1 aromatic rings. The molecule has 2 unspecified atom stereocenters. The number of rotatable bonds is 3. The van der Waals surface area contributed by atoms with Gasteiger partial charge in [0.2, 0.25) is 0 Å². The molecule has 0 aromatic carbocycles. The molecule has 1 fully saturated rings. The number of aromatic nitrogens is 2. The van der Waals surface area contributed by atoms with E-state index in [0.717, 1.165) is 37.2 Å². The summed E-state index contributed by atoms with van der Waals surface area (Å²) in [5, 5.41) is 13.1. The second-order valence-corrected chi connectivity index (χ2v) is 4.73. The van der Waals surface area contributed by atoms with E-state index in [1.54, 1.807) is 0 Å². The van der Waals surface area contributed by atoms with Crippen molar-refractivity contribution in [3.05, 3.63) is 11.9 Å². The van der Waals surface area contributed by atoms with E-state index in [1.807, 2.05) is 6.92 Å². The minimum Gasteiger partial charge on any atom is -0.393 e. The second kappa shape index (κ2) is 5.31. The summed E-state index contributed by atoms with van der Waals surface area (Å²) in [6.07, 6.45) is 5.61. The Balaban J connectivity index is 1.95. The molecule has 1 aliphatic carbocycles. The lowest BCUT2D eigenvalue weighted by Crippen LogP contribution is -2.30. The maximum Gasteiger partial charge on any atom is 0.134 e. The largest absolute Gasteiger partial charge is 0.393 e. The number of nitrogens with zero attached hydrogens (tertiary/aromatic N) is 2. The Labute approximate surface area is 101 Å². The molecule has 5 heteroatoms. The number of hydrogen-bond donors (Lipinski definition) is 3. The fourth-order valence-corrected chi connectivity index (χ4v) is 2.30. The van der Waals surface area contributed by atoms with Gasteiger partial charge in [-0.05, 0) is 19.8 Å². The smallest absolute Gasteiger partial charge is 0.134 e. The van der Waals surface area contributed by atoms with Crippen LogP contribution in [0.1, 0.15) is 31.2 Å². The van der Waals surface area contributed by atoms with Crippen molar-refractivity contribution < 1.29 is 5.11 Å². The van der Waals surface area contributed by atoms with Gasteiger partial charge in [0.1, 0.15) is 18.0 Å². The summed E-state index contributed by atoms with van der Waals surface area (Å²) in [5.74, 6) is 1.60. The highest BCUT2D eigenvalue weighted by atomic mass is 16.3. The van der Waals surface area contributed by atoms with Crippen LogP contribution in [0, 0.1) is 12.8 Å². The predicted molar refractivity (Wildman–Crippen MR) is 67.6 cm³/mol. The molecule has 5 nitrogen and oxygen atoms in total. The van der Waals surface area contributed by atoms with Gasteiger partial charge >= 0.3 is 0 Å². The van der Waals surface area contributed by atoms with Crippen LogP contribution in [0.2, 0.25) is 0 Å². The van der Waals surface area contributed by atoms with Crippen LogP contribution in [0.5, 0.6) is 0 Å². The summed E-state index contributed by atoms with van der Waals surface area (Å²) in [5.41, 5.74) is 6.59. The number of hydrogen-bond acceptors (Lipinski definition) is 5. The van der Waals surface area contributed by atoms with Crippen LogP contribution in [-0.4, -0.2) is 27.7 Å². The summed E-state index contributed by atoms with van der Waals surface area (Å²) in [4.78, 5) is 8.09. The van der Waals surface area contributed by atoms with Crippen LogP contribution in [0.4, 0.5) is 11.6 Å². The fraction of sp³-hybridized carbons (Fsp3) is 0.667. The molecule has 1 aromatic heterocycles. The van der Waals surface area contributed by atoms with Crippen LogP contribution in [-0.2, 0) is 0 Å². The molecular formula is C12H20N4O. The third-order valence-corrected chi connectivity index (χ3v) is 3.52. The topological polar surface area (TPSA) is 84.1 Å². The van der Waals surface area contributed by atoms with E-state index >= 15 is 0 Å². The van der Waals surface area contributed by atoms with Crippen LogP contribution in [0.15, 0.2) is 6.33 Å². The van der Waals surface area contributed by atoms with Gasteiger partial charge in [-0.1, -0.05) is 12.8 Å². The summed E-state index contributed by atoms with van der Waals surface area (Å²) < 4.78 is 0. The Kier molecular flexibility index (Phi) is 3.78. The number of nitrogens with one attached hydrogen (secondary N) is 1. The molecule has 0 radical (unpaired) electrons. The van der Waals surface area contributed by atoms with Gasteiger partial charge in [-0.25, -0.2) is 9.97 Å². The van der Waals surface area contributed by atoms with E-state index in [9.17, 15) is 5.11 Å². The molecule has 1 heterocycles. The van der Waals surface area contributed by atoms with Gasteiger partial charge in [-0.3, -0.25) is 0 Å². The first-order valence-corrected chi connectivity index (χ1v) is 6.17. The highest BCUT2D eigenvalue weighted by Crippen LogP contribution is 2.25. The Morgan fingerprint density at radius 1 is 1.41 bits per heavy atom. The average molecular weight is 236 g/mol. The molecule has 4 N–H and O–H groups in total. The van der Waals surface area contributed by atoms with Crippen molar-refractivity contribution >= 4 is 11.6 Å². The third kappa shape index (κ3) is 2.85. The maximum atomic E-state index is 9.87. The lowest BCUT2D eigenvalue weighted by atomic mass is 9.86. The summed E-state index contributed by atoms with van der Waals surface area (Å²) in [7, 11) is 0. The molecule has 0 bridgehead atoms. The zero-order valence-electron chi connectivity index (χ0n) is 10.2. The van der Waals surface area contributed by atoms with E-state index in [4.69, 9.17) is 5.73 Å². The van der Waals surface area contributed by atoms with Crippen molar-refractivity contribution in [3.8, 4) is 0 Å². The second-order valence-electron chi connectivity index (χ2n) is 4.73. The predicted octanol–water partition coefficient (Wildman–Crippen LogP) is 1.33. The lowest BCUT2D eigenvalue weighted by molar-refractivity contribution is 0.0763. The van der Waals surface area contributed by atoms with Crippen molar-refractivity contribution in [1.29, 1.82) is 0 Å². The van der Waals surface area contributed by atoms with Gasteiger partial charge in [-0.15, -0.1) is 0 Å². The molecule has 17 heavy (non-hydrogen) atoms. The number of aliphatic hydroxyl groups is 1. The molecule has 94 valence electrons. The van der Waals surface area contributed by atoms with Crippen molar-refractivity contribution in [2.45, 2.75) is 38.7 Å². The molecule has 0 aliphatic heterocycles. The van der Waals surface area contributed by atoms with E-state index in [2.05, 4.69) is 15.3 Å². The monoisotopic (exact) mass is 236 g/mol. The summed E-state index contributed by atoms with van der Waals surface area (Å²) in [6.45, 7) is 2.65. The van der Waals surface area contributed by atoms with Crippen LogP contribution >= 0.6 is 0 Å². The normalized spacial score (nSPS) is 24.6. The minimum atomic E-state index is -0.184. The van der Waals surface area contributed by atoms with Gasteiger partial charge in [-0.2, -0.15) is 0 Å². The van der Waals surface area contributed by atoms with E-state index < -0.39 is 0 Å². The van der Waals surface area contributed by atoms with Gasteiger partial charge < -0.3 is 16.2 Å². The van der Waals surface area contributed by atoms with E-state index in [-0.39, 0.29) is 6.10 Å². The Morgan fingerprint density at radius 2 is 2.18 bits per heavy atom. The number of nitrogen functional groups attached to an aromatic ring is 1. The van der Waals surface area contributed by atoms with Gasteiger partial charge in [0.05, 0.1) is 6.10 Å². The minimum absolute atomic E-state index is 0.184. The van der Waals surface area contributed by atoms with Gasteiger partial charge in [0.15, 0.2) is 0 Å². The van der Waals surface area contributed by atoms with Crippen molar-refractivity contribution in [2.75, 3.05) is 17.6 Å². The van der Waals surface area contributed by atoms with Crippen LogP contribution < -0.4 is 11.1 Å². The molecule has 0 amide bonds. The zero-order valence-corrected chi connectivity index (χ0v) is 10.2. The maximum absolute atomic E-state index is 9.87. The van der Waals surface area contributed by atoms with Crippen LogP contribution in [0.3, 0.4) is 0 Å². The molecule has 0 spiro atoms. The third-order valence-electron chi connectivity index (χ3n) is 3.52. The van der Waals surface area contributed by atoms with Gasteiger partial charge in [0.25, 0.3) is 0 Å². The van der Waals surface area contributed by atoms with Crippen molar-refractivity contribution in [1.82, 2.24) is 9.97 Å². The van der Waals surface area contributed by atoms with E-state index in [1.165, 1.54) is 12.7 Å². The first-order valence-electron chi connectivity index (χ1n) is 6.17.